The van der Waals surface area contributed by atoms with Crippen LogP contribution in [-0.2, 0) is 6.54 Å². The molecule has 3 nitrogen and oxygen atoms in total. The van der Waals surface area contributed by atoms with Crippen LogP contribution in [-0.4, -0.2) is 11.1 Å². The van der Waals surface area contributed by atoms with Gasteiger partial charge in [0.1, 0.15) is 0 Å². The maximum Gasteiger partial charge on any atom is 0.0954 e. The fourth-order valence-electron chi connectivity index (χ4n) is 2.22. The quantitative estimate of drug-likeness (QED) is 0.768. The Morgan fingerprint density at radius 1 is 1.40 bits per heavy atom. The molecule has 0 saturated heterocycles. The van der Waals surface area contributed by atoms with Gasteiger partial charge in [0, 0.05) is 24.0 Å². The predicted molar refractivity (Wildman–Crippen MR) is 57.6 cm³/mol. The summed E-state index contributed by atoms with van der Waals surface area (Å²) < 4.78 is 7.47. The molecule has 1 N–H and O–H groups in total. The third kappa shape index (κ3) is 1.49. The molecule has 0 spiro atoms. The molecule has 3 heterocycles. The molecule has 2 aromatic heterocycles. The summed E-state index contributed by atoms with van der Waals surface area (Å²) in [4.78, 5) is 0. The van der Waals surface area contributed by atoms with Crippen molar-refractivity contribution in [2.75, 3.05) is 6.54 Å². The first-order valence-corrected chi connectivity index (χ1v) is 5.36. The Hall–Kier alpha value is -1.48. The minimum Gasteiger partial charge on any atom is -0.472 e. The molecule has 0 fully saturated rings. The largest absolute Gasteiger partial charge is 0.472 e. The van der Waals surface area contributed by atoms with E-state index in [9.17, 15) is 0 Å². The van der Waals surface area contributed by atoms with Crippen LogP contribution in [0.5, 0.6) is 0 Å². The van der Waals surface area contributed by atoms with Gasteiger partial charge in [0.2, 0.25) is 0 Å². The van der Waals surface area contributed by atoms with Gasteiger partial charge in [-0.1, -0.05) is 0 Å². The van der Waals surface area contributed by atoms with Crippen molar-refractivity contribution in [3.05, 3.63) is 48.2 Å². The molecule has 3 heteroatoms. The summed E-state index contributed by atoms with van der Waals surface area (Å²) in [7, 11) is 0. The van der Waals surface area contributed by atoms with E-state index in [1.807, 2.05) is 12.3 Å². The van der Waals surface area contributed by atoms with Crippen molar-refractivity contribution in [1.82, 2.24) is 9.88 Å². The maximum atomic E-state index is 5.15. The second kappa shape index (κ2) is 3.59. The van der Waals surface area contributed by atoms with Gasteiger partial charge in [-0.2, -0.15) is 0 Å². The minimum absolute atomic E-state index is 0.279. The van der Waals surface area contributed by atoms with Crippen molar-refractivity contribution >= 4 is 0 Å². The van der Waals surface area contributed by atoms with Crippen molar-refractivity contribution in [1.29, 1.82) is 0 Å². The average Bonchev–Trinajstić information content (AvgIpc) is 2.88. The highest BCUT2D eigenvalue weighted by Gasteiger charge is 2.19. The van der Waals surface area contributed by atoms with E-state index in [1.54, 1.807) is 6.26 Å². The van der Waals surface area contributed by atoms with Gasteiger partial charge < -0.3 is 14.3 Å². The molecule has 1 atom stereocenters. The molecular weight excluding hydrogens is 188 g/mol. The highest BCUT2D eigenvalue weighted by atomic mass is 16.3. The van der Waals surface area contributed by atoms with E-state index in [1.165, 1.54) is 17.7 Å². The number of hydrogen-bond donors (Lipinski definition) is 1. The van der Waals surface area contributed by atoms with Crippen LogP contribution in [0.15, 0.2) is 41.3 Å². The van der Waals surface area contributed by atoms with Crippen molar-refractivity contribution in [2.45, 2.75) is 19.0 Å². The molecule has 15 heavy (non-hydrogen) atoms. The summed E-state index contributed by atoms with van der Waals surface area (Å²) in [5, 5.41) is 3.55. The van der Waals surface area contributed by atoms with Gasteiger partial charge in [0.25, 0.3) is 0 Å². The lowest BCUT2D eigenvalue weighted by Gasteiger charge is -2.15. The molecule has 1 unspecified atom stereocenters. The summed E-state index contributed by atoms with van der Waals surface area (Å²) in [6.45, 7) is 2.15. The van der Waals surface area contributed by atoms with Crippen LogP contribution in [0.1, 0.15) is 23.7 Å². The summed E-state index contributed by atoms with van der Waals surface area (Å²) in [6.07, 6.45) is 6.88. The SMILES string of the molecule is c1cc2n(c1)CCCNC2c1ccoc1. The van der Waals surface area contributed by atoms with E-state index in [0.717, 1.165) is 13.1 Å². The smallest absolute Gasteiger partial charge is 0.0954 e. The second-order valence-electron chi connectivity index (χ2n) is 3.92. The summed E-state index contributed by atoms with van der Waals surface area (Å²) >= 11 is 0. The number of aromatic nitrogens is 1. The molecule has 3 rings (SSSR count). The molecule has 0 bridgehead atoms. The Morgan fingerprint density at radius 3 is 3.27 bits per heavy atom. The maximum absolute atomic E-state index is 5.15. The predicted octanol–water partition coefficient (Wildman–Crippen LogP) is 2.16. The highest BCUT2D eigenvalue weighted by molar-refractivity contribution is 5.26. The van der Waals surface area contributed by atoms with E-state index < -0.39 is 0 Å². The second-order valence-corrected chi connectivity index (χ2v) is 3.92. The van der Waals surface area contributed by atoms with Gasteiger partial charge in [0.15, 0.2) is 0 Å². The van der Waals surface area contributed by atoms with Crippen LogP contribution in [0, 0.1) is 0 Å². The van der Waals surface area contributed by atoms with Gasteiger partial charge in [0.05, 0.1) is 18.6 Å². The number of rotatable bonds is 1. The number of hydrogen-bond acceptors (Lipinski definition) is 2. The Labute approximate surface area is 88.7 Å². The van der Waals surface area contributed by atoms with Crippen LogP contribution in [0.2, 0.25) is 0 Å². The van der Waals surface area contributed by atoms with Gasteiger partial charge in [-0.25, -0.2) is 0 Å². The molecule has 0 aliphatic carbocycles. The molecule has 0 amide bonds. The first-order chi connectivity index (χ1) is 7.45. The van der Waals surface area contributed by atoms with Crippen LogP contribution in [0.25, 0.3) is 0 Å². The summed E-state index contributed by atoms with van der Waals surface area (Å²) in [6, 6.07) is 6.59. The first-order valence-electron chi connectivity index (χ1n) is 5.36. The topological polar surface area (TPSA) is 30.1 Å². The van der Waals surface area contributed by atoms with Gasteiger partial charge in [-0.3, -0.25) is 0 Å². The molecule has 78 valence electrons. The van der Waals surface area contributed by atoms with Crippen LogP contribution in [0.4, 0.5) is 0 Å². The van der Waals surface area contributed by atoms with Gasteiger partial charge in [-0.15, -0.1) is 0 Å². The van der Waals surface area contributed by atoms with Crippen molar-refractivity contribution in [3.63, 3.8) is 0 Å². The fraction of sp³-hybridized carbons (Fsp3) is 0.333. The Bertz CT molecular complexity index is 430. The lowest BCUT2D eigenvalue weighted by Crippen LogP contribution is -2.21. The zero-order valence-electron chi connectivity index (χ0n) is 8.52. The van der Waals surface area contributed by atoms with Crippen molar-refractivity contribution in [2.24, 2.45) is 0 Å². The normalized spacial score (nSPS) is 20.9. The number of aryl methyl sites for hydroxylation is 1. The lowest BCUT2D eigenvalue weighted by atomic mass is 10.1. The van der Waals surface area contributed by atoms with E-state index in [2.05, 4.69) is 28.2 Å². The number of nitrogens with zero attached hydrogens (tertiary/aromatic N) is 1. The Kier molecular flexibility index (Phi) is 2.10. The fourth-order valence-corrected chi connectivity index (χ4v) is 2.22. The third-order valence-electron chi connectivity index (χ3n) is 2.96. The Balaban J connectivity index is 2.03. The first kappa shape index (κ1) is 8.80. The van der Waals surface area contributed by atoms with Gasteiger partial charge in [-0.05, 0) is 31.2 Å². The average molecular weight is 202 g/mol. The standard InChI is InChI=1S/C12H14N2O/c1-3-11-12(10-4-8-15-9-10)13-5-2-7-14(11)6-1/h1,3-4,6,8-9,12-13H,2,5,7H2. The molecule has 0 saturated carbocycles. The van der Waals surface area contributed by atoms with E-state index in [0.29, 0.717) is 0 Å². The van der Waals surface area contributed by atoms with E-state index in [-0.39, 0.29) is 6.04 Å². The number of fused-ring (bicyclic) bond motifs is 1. The molecule has 1 aliphatic heterocycles. The summed E-state index contributed by atoms with van der Waals surface area (Å²) in [5.74, 6) is 0. The third-order valence-corrected chi connectivity index (χ3v) is 2.96. The monoisotopic (exact) mass is 202 g/mol. The van der Waals surface area contributed by atoms with Crippen LogP contribution < -0.4 is 5.32 Å². The zero-order chi connectivity index (χ0) is 10.1. The van der Waals surface area contributed by atoms with Crippen molar-refractivity contribution < 1.29 is 4.42 Å². The molecular formula is C12H14N2O. The van der Waals surface area contributed by atoms with Crippen LogP contribution in [0.3, 0.4) is 0 Å². The molecule has 0 aromatic carbocycles. The minimum atomic E-state index is 0.279. The molecule has 0 radical (unpaired) electrons. The van der Waals surface area contributed by atoms with E-state index >= 15 is 0 Å². The number of furan rings is 1. The van der Waals surface area contributed by atoms with Crippen LogP contribution >= 0.6 is 0 Å². The van der Waals surface area contributed by atoms with Gasteiger partial charge >= 0.3 is 0 Å². The Morgan fingerprint density at radius 2 is 2.40 bits per heavy atom. The molecule has 1 aliphatic rings. The summed E-state index contributed by atoms with van der Waals surface area (Å²) in [5.41, 5.74) is 2.53. The lowest BCUT2D eigenvalue weighted by molar-refractivity contribution is 0.550. The zero-order valence-corrected chi connectivity index (χ0v) is 8.52. The number of nitrogens with one attached hydrogen (secondary N) is 1. The molecule has 2 aromatic rings. The highest BCUT2D eigenvalue weighted by Crippen LogP contribution is 2.24. The van der Waals surface area contributed by atoms with E-state index in [4.69, 9.17) is 4.42 Å². The van der Waals surface area contributed by atoms with Crippen molar-refractivity contribution in [3.8, 4) is 0 Å².